The smallest absolute Gasteiger partial charge is 0.321 e. The lowest BCUT2D eigenvalue weighted by molar-refractivity contribution is 0.195. The third-order valence-corrected chi connectivity index (χ3v) is 3.82. The second-order valence-electron chi connectivity index (χ2n) is 5.45. The van der Waals surface area contributed by atoms with E-state index in [0.717, 1.165) is 23.6 Å². The molecular formula is C18H20N2O3. The first kappa shape index (κ1) is 15.2. The Morgan fingerprint density at radius 2 is 1.83 bits per heavy atom. The Labute approximate surface area is 135 Å². The number of urea groups is 1. The van der Waals surface area contributed by atoms with Gasteiger partial charge in [0.2, 0.25) is 0 Å². The number of anilines is 1. The molecule has 0 saturated carbocycles. The quantitative estimate of drug-likeness (QED) is 0.941. The van der Waals surface area contributed by atoms with Crippen LogP contribution in [0.1, 0.15) is 6.42 Å². The van der Waals surface area contributed by atoms with Crippen LogP contribution in [0.2, 0.25) is 0 Å². The number of carbonyl (C=O) groups is 1. The van der Waals surface area contributed by atoms with E-state index >= 15 is 0 Å². The number of benzene rings is 2. The van der Waals surface area contributed by atoms with Crippen LogP contribution in [0.25, 0.3) is 0 Å². The fraction of sp³-hybridized carbons (Fsp3) is 0.278. The van der Waals surface area contributed by atoms with Gasteiger partial charge in [-0.15, -0.1) is 0 Å². The summed E-state index contributed by atoms with van der Waals surface area (Å²) in [6.07, 6.45) is 0.879. The third-order valence-electron chi connectivity index (χ3n) is 3.82. The zero-order valence-electron chi connectivity index (χ0n) is 13.1. The molecule has 0 radical (unpaired) electrons. The van der Waals surface area contributed by atoms with Crippen molar-refractivity contribution in [1.82, 2.24) is 4.90 Å². The van der Waals surface area contributed by atoms with E-state index in [2.05, 4.69) is 5.32 Å². The molecule has 1 atom stereocenters. The molecule has 5 heteroatoms. The van der Waals surface area contributed by atoms with Gasteiger partial charge < -0.3 is 19.7 Å². The topological polar surface area (TPSA) is 50.8 Å². The van der Waals surface area contributed by atoms with Gasteiger partial charge >= 0.3 is 6.03 Å². The predicted molar refractivity (Wildman–Crippen MR) is 89.1 cm³/mol. The van der Waals surface area contributed by atoms with E-state index in [1.54, 1.807) is 12.0 Å². The van der Waals surface area contributed by atoms with Gasteiger partial charge in [-0.1, -0.05) is 18.2 Å². The largest absolute Gasteiger partial charge is 0.497 e. The van der Waals surface area contributed by atoms with Gasteiger partial charge in [-0.2, -0.15) is 0 Å². The van der Waals surface area contributed by atoms with Crippen molar-refractivity contribution < 1.29 is 14.3 Å². The van der Waals surface area contributed by atoms with Crippen molar-refractivity contribution in [3.63, 3.8) is 0 Å². The summed E-state index contributed by atoms with van der Waals surface area (Å²) in [6.45, 7) is 1.29. The van der Waals surface area contributed by atoms with Crippen LogP contribution in [0.4, 0.5) is 10.5 Å². The van der Waals surface area contributed by atoms with E-state index in [1.807, 2.05) is 54.6 Å². The first-order chi connectivity index (χ1) is 11.2. The van der Waals surface area contributed by atoms with Crippen LogP contribution in [-0.4, -0.2) is 37.2 Å². The number of ether oxygens (including phenoxy) is 2. The maximum absolute atomic E-state index is 12.3. The number of amides is 2. The molecular weight excluding hydrogens is 292 g/mol. The molecule has 1 heterocycles. The van der Waals surface area contributed by atoms with Crippen LogP contribution >= 0.6 is 0 Å². The fourth-order valence-corrected chi connectivity index (χ4v) is 2.58. The molecule has 0 aromatic heterocycles. The molecule has 3 rings (SSSR count). The summed E-state index contributed by atoms with van der Waals surface area (Å²) in [5.41, 5.74) is 0.753. The molecule has 0 bridgehead atoms. The van der Waals surface area contributed by atoms with E-state index in [4.69, 9.17) is 9.47 Å². The number of nitrogens with zero attached hydrogens (tertiary/aromatic N) is 1. The number of hydrogen-bond donors (Lipinski definition) is 1. The highest BCUT2D eigenvalue weighted by Crippen LogP contribution is 2.20. The molecule has 23 heavy (non-hydrogen) atoms. The van der Waals surface area contributed by atoms with Crippen molar-refractivity contribution >= 4 is 11.7 Å². The Kier molecular flexibility index (Phi) is 4.66. The van der Waals surface area contributed by atoms with Crippen molar-refractivity contribution in [2.45, 2.75) is 12.5 Å². The van der Waals surface area contributed by atoms with Gasteiger partial charge in [0, 0.05) is 18.7 Å². The molecule has 1 unspecified atom stereocenters. The predicted octanol–water partition coefficient (Wildman–Crippen LogP) is 3.38. The number of likely N-dealkylation sites (tertiary alicyclic amines) is 1. The Hall–Kier alpha value is -2.69. The van der Waals surface area contributed by atoms with Gasteiger partial charge in [0.15, 0.2) is 0 Å². The highest BCUT2D eigenvalue weighted by Gasteiger charge is 2.27. The summed E-state index contributed by atoms with van der Waals surface area (Å²) in [4.78, 5) is 14.1. The molecule has 1 fully saturated rings. The molecule has 120 valence electrons. The molecule has 1 aliphatic rings. The van der Waals surface area contributed by atoms with Gasteiger partial charge in [-0.05, 0) is 36.4 Å². The Morgan fingerprint density at radius 3 is 2.52 bits per heavy atom. The summed E-state index contributed by atoms with van der Waals surface area (Å²) in [5, 5.41) is 2.90. The first-order valence-electron chi connectivity index (χ1n) is 7.66. The Bertz CT molecular complexity index is 643. The molecule has 5 nitrogen and oxygen atoms in total. The molecule has 0 aliphatic carbocycles. The average Bonchev–Trinajstić information content (AvgIpc) is 3.05. The summed E-state index contributed by atoms with van der Waals surface area (Å²) in [5.74, 6) is 1.61. The lowest BCUT2D eigenvalue weighted by atomic mass is 10.3. The molecule has 2 amide bonds. The highest BCUT2D eigenvalue weighted by atomic mass is 16.5. The average molecular weight is 312 g/mol. The first-order valence-corrected chi connectivity index (χ1v) is 7.66. The Balaban J connectivity index is 1.52. The SMILES string of the molecule is COc1ccc(NC(=O)N2CCC(Oc3ccccc3)C2)cc1. The van der Waals surface area contributed by atoms with Crippen molar-refractivity contribution in [2.75, 3.05) is 25.5 Å². The second-order valence-corrected chi connectivity index (χ2v) is 5.45. The van der Waals surface area contributed by atoms with Gasteiger partial charge in [0.05, 0.1) is 13.7 Å². The molecule has 1 N–H and O–H groups in total. The standard InChI is InChI=1S/C18H20N2O3/c1-22-15-9-7-14(8-10-15)19-18(21)20-12-11-17(13-20)23-16-5-3-2-4-6-16/h2-10,17H,11-13H2,1H3,(H,19,21). The maximum Gasteiger partial charge on any atom is 0.321 e. The minimum atomic E-state index is -0.102. The van der Waals surface area contributed by atoms with E-state index in [0.29, 0.717) is 13.1 Å². The van der Waals surface area contributed by atoms with Crippen LogP contribution in [0.15, 0.2) is 54.6 Å². The van der Waals surface area contributed by atoms with Crippen LogP contribution < -0.4 is 14.8 Å². The molecule has 1 saturated heterocycles. The van der Waals surface area contributed by atoms with Crippen LogP contribution in [0, 0.1) is 0 Å². The van der Waals surface area contributed by atoms with Crippen molar-refractivity contribution in [1.29, 1.82) is 0 Å². The molecule has 0 spiro atoms. The Morgan fingerprint density at radius 1 is 1.09 bits per heavy atom. The van der Waals surface area contributed by atoms with E-state index in [-0.39, 0.29) is 12.1 Å². The normalized spacial score (nSPS) is 16.9. The molecule has 1 aliphatic heterocycles. The lowest BCUT2D eigenvalue weighted by Gasteiger charge is -2.18. The van der Waals surface area contributed by atoms with Gasteiger partial charge in [-0.3, -0.25) is 0 Å². The zero-order valence-corrected chi connectivity index (χ0v) is 13.1. The van der Waals surface area contributed by atoms with Crippen LogP contribution in [-0.2, 0) is 0 Å². The van der Waals surface area contributed by atoms with Gasteiger partial charge in [0.1, 0.15) is 17.6 Å². The summed E-state index contributed by atoms with van der Waals surface area (Å²) in [6, 6.07) is 16.9. The summed E-state index contributed by atoms with van der Waals surface area (Å²) in [7, 11) is 1.62. The number of nitrogens with one attached hydrogen (secondary N) is 1. The second kappa shape index (κ2) is 7.05. The maximum atomic E-state index is 12.3. The van der Waals surface area contributed by atoms with E-state index in [1.165, 1.54) is 0 Å². The van der Waals surface area contributed by atoms with E-state index in [9.17, 15) is 4.79 Å². The lowest BCUT2D eigenvalue weighted by Crippen LogP contribution is -2.34. The van der Waals surface area contributed by atoms with E-state index < -0.39 is 0 Å². The molecule has 2 aromatic carbocycles. The minimum Gasteiger partial charge on any atom is -0.497 e. The van der Waals surface area contributed by atoms with Gasteiger partial charge in [0.25, 0.3) is 0 Å². The number of hydrogen-bond acceptors (Lipinski definition) is 3. The fourth-order valence-electron chi connectivity index (χ4n) is 2.58. The van der Waals surface area contributed by atoms with Crippen LogP contribution in [0.3, 0.4) is 0 Å². The van der Waals surface area contributed by atoms with Crippen molar-refractivity contribution in [3.05, 3.63) is 54.6 Å². The molecule has 2 aromatic rings. The van der Waals surface area contributed by atoms with Crippen molar-refractivity contribution in [2.24, 2.45) is 0 Å². The number of carbonyl (C=O) groups excluding carboxylic acids is 1. The highest BCUT2D eigenvalue weighted by molar-refractivity contribution is 5.89. The number of rotatable bonds is 4. The minimum absolute atomic E-state index is 0.0408. The summed E-state index contributed by atoms with van der Waals surface area (Å²) < 4.78 is 11.0. The monoisotopic (exact) mass is 312 g/mol. The van der Waals surface area contributed by atoms with Crippen LogP contribution in [0.5, 0.6) is 11.5 Å². The van der Waals surface area contributed by atoms with Crippen molar-refractivity contribution in [3.8, 4) is 11.5 Å². The summed E-state index contributed by atoms with van der Waals surface area (Å²) >= 11 is 0. The number of para-hydroxylation sites is 1. The third kappa shape index (κ3) is 3.94. The van der Waals surface area contributed by atoms with Gasteiger partial charge in [-0.25, -0.2) is 4.79 Å². The number of methoxy groups -OCH3 is 1. The zero-order chi connectivity index (χ0) is 16.1.